The molecular weight excluding hydrogens is 605 g/mol. The lowest BCUT2D eigenvalue weighted by Gasteiger charge is -2.41. The molecule has 2 saturated heterocycles. The molecule has 3 aliphatic heterocycles. The number of carboxylic acid groups (broad SMARTS) is 2. The molecule has 46 heavy (non-hydrogen) atoms. The minimum absolute atomic E-state index is 0. The highest BCUT2D eigenvalue weighted by Crippen LogP contribution is 2.43. The SMILES string of the molecule is COC(=O)N1CCc2c(nc(C)n2C2CC3CCC(C2)N3CC[C@H](NC(C)=O)c2cccc(F)c2)C1.O=C(O)[C@H](O)[C@@H](O)C(=O)O.[HH]. The molecule has 2 bridgehead atoms. The monoisotopic (exact) mass is 649 g/mol. The number of aromatic nitrogens is 2. The number of ether oxygens (including phenoxy) is 1. The highest BCUT2D eigenvalue weighted by molar-refractivity contribution is 5.83. The molecule has 0 spiro atoms. The number of rotatable bonds is 9. The number of carbonyl (C=O) groups excluding carboxylic acids is 2. The van der Waals surface area contributed by atoms with Gasteiger partial charge in [-0.25, -0.2) is 23.8 Å². The summed E-state index contributed by atoms with van der Waals surface area (Å²) in [5.41, 5.74) is 3.07. The fourth-order valence-corrected chi connectivity index (χ4v) is 6.97. The zero-order valence-electron chi connectivity index (χ0n) is 26.1. The Bertz CT molecular complexity index is 1410. The first kappa shape index (κ1) is 34.8. The molecule has 0 radical (unpaired) electrons. The molecule has 1 aromatic carbocycles. The number of aliphatic hydroxyl groups excluding tert-OH is 2. The van der Waals surface area contributed by atoms with E-state index in [1.807, 2.05) is 6.07 Å². The van der Waals surface area contributed by atoms with Crippen LogP contribution in [-0.2, 0) is 32.1 Å². The van der Waals surface area contributed by atoms with Crippen molar-refractivity contribution in [2.24, 2.45) is 0 Å². The van der Waals surface area contributed by atoms with Gasteiger partial charge in [-0.05, 0) is 56.7 Å². The van der Waals surface area contributed by atoms with Crippen LogP contribution in [0.15, 0.2) is 24.3 Å². The van der Waals surface area contributed by atoms with Crippen LogP contribution in [0.4, 0.5) is 9.18 Å². The largest absolute Gasteiger partial charge is 0.479 e. The van der Waals surface area contributed by atoms with Gasteiger partial charge < -0.3 is 39.9 Å². The van der Waals surface area contributed by atoms with Gasteiger partial charge in [-0.1, -0.05) is 12.1 Å². The van der Waals surface area contributed by atoms with Crippen molar-refractivity contribution >= 4 is 23.9 Å². The van der Waals surface area contributed by atoms with Gasteiger partial charge >= 0.3 is 18.0 Å². The summed E-state index contributed by atoms with van der Waals surface area (Å²) in [6.07, 6.45) is 1.23. The normalized spacial score (nSPS) is 22.5. The maximum atomic E-state index is 13.8. The standard InChI is InChI=1S/C27H36FN5O3.C4H6O6.H2/c1-17-29-25-16-31(27(35)36-3)11-10-26(25)33(17)23-14-21-7-8-22(15-23)32(21)12-9-24(30-18(2)34)19-5-4-6-20(28)13-19;5-1(3(7)8)2(6)4(9)10;/h4-6,13,21-24H,7-12,14-16H2,1-3H3,(H,30,34);1-2,5-6H,(H,7,8)(H,9,10);1H/t21?,22?,23?,24-;1-,2-;/m01./s1. The average Bonchev–Trinajstić information content (AvgIpc) is 3.47. The molecule has 1 aromatic heterocycles. The van der Waals surface area contributed by atoms with Crippen LogP contribution in [-0.4, -0.2) is 108 Å². The lowest BCUT2D eigenvalue weighted by molar-refractivity contribution is -0.165. The molecule has 2 aromatic rings. The van der Waals surface area contributed by atoms with Crippen molar-refractivity contribution in [2.45, 2.75) is 95.3 Å². The van der Waals surface area contributed by atoms with Crippen molar-refractivity contribution in [3.8, 4) is 0 Å². The number of aryl methyl sites for hydroxylation is 1. The van der Waals surface area contributed by atoms with Crippen LogP contribution in [0.2, 0.25) is 0 Å². The first-order valence-corrected chi connectivity index (χ1v) is 15.3. The highest BCUT2D eigenvalue weighted by atomic mass is 19.1. The fraction of sp³-hybridized carbons (Fsp3) is 0.581. The Morgan fingerprint density at radius 2 is 1.72 bits per heavy atom. The van der Waals surface area contributed by atoms with Crippen molar-refractivity contribution in [2.75, 3.05) is 20.2 Å². The number of piperidine rings is 1. The second-order valence-corrected chi connectivity index (χ2v) is 12.0. The number of aliphatic carboxylic acids is 2. The van der Waals surface area contributed by atoms with Crippen molar-refractivity contribution in [3.63, 3.8) is 0 Å². The predicted molar refractivity (Wildman–Crippen MR) is 162 cm³/mol. The third-order valence-corrected chi connectivity index (χ3v) is 9.00. The topological polar surface area (TPSA) is 195 Å². The number of methoxy groups -OCH3 is 1. The summed E-state index contributed by atoms with van der Waals surface area (Å²) in [4.78, 5) is 52.6. The van der Waals surface area contributed by atoms with E-state index in [2.05, 4.69) is 21.7 Å². The molecule has 5 N–H and O–H groups in total. The van der Waals surface area contributed by atoms with Crippen LogP contribution < -0.4 is 5.32 Å². The van der Waals surface area contributed by atoms with Crippen LogP contribution in [0.1, 0.15) is 75.3 Å². The van der Waals surface area contributed by atoms with Crippen molar-refractivity contribution < 1.29 is 50.2 Å². The lowest BCUT2D eigenvalue weighted by Crippen LogP contribution is -2.45. The van der Waals surface area contributed by atoms with Crippen molar-refractivity contribution in [1.29, 1.82) is 0 Å². The summed E-state index contributed by atoms with van der Waals surface area (Å²) >= 11 is 0. The smallest absolute Gasteiger partial charge is 0.409 e. The van der Waals surface area contributed by atoms with Gasteiger partial charge in [0.05, 0.1) is 25.4 Å². The second-order valence-electron chi connectivity index (χ2n) is 12.0. The molecule has 5 atom stereocenters. The van der Waals surface area contributed by atoms with Crippen LogP contribution in [0.3, 0.4) is 0 Å². The Morgan fingerprint density at radius 3 is 2.26 bits per heavy atom. The summed E-state index contributed by atoms with van der Waals surface area (Å²) in [6.45, 7) is 5.62. The van der Waals surface area contributed by atoms with Crippen molar-refractivity contribution in [1.82, 2.24) is 24.7 Å². The molecule has 254 valence electrons. The van der Waals surface area contributed by atoms with Crippen LogP contribution in [0.5, 0.6) is 0 Å². The van der Waals surface area contributed by atoms with Crippen molar-refractivity contribution in [3.05, 3.63) is 52.9 Å². The van der Waals surface area contributed by atoms with Crippen LogP contribution in [0, 0.1) is 12.7 Å². The third kappa shape index (κ3) is 8.00. The Kier molecular flexibility index (Phi) is 11.3. The van der Waals surface area contributed by atoms with E-state index in [0.29, 0.717) is 31.2 Å². The van der Waals surface area contributed by atoms with Gasteiger partial charge in [0.25, 0.3) is 0 Å². The number of halogens is 1. The Morgan fingerprint density at radius 1 is 1.09 bits per heavy atom. The molecule has 14 nitrogen and oxygen atoms in total. The molecule has 2 fully saturated rings. The van der Waals surface area contributed by atoms with Gasteiger partial charge in [-0.2, -0.15) is 0 Å². The van der Waals surface area contributed by atoms with E-state index in [1.54, 1.807) is 11.0 Å². The van der Waals surface area contributed by atoms with Crippen LogP contribution >= 0.6 is 0 Å². The quantitative estimate of drug-likeness (QED) is 0.267. The number of carbonyl (C=O) groups is 4. The summed E-state index contributed by atoms with van der Waals surface area (Å²) in [7, 11) is 1.42. The maximum Gasteiger partial charge on any atom is 0.409 e. The Balaban J connectivity index is 0.000000475. The van der Waals surface area contributed by atoms with Gasteiger partial charge in [0.15, 0.2) is 12.2 Å². The number of carboxylic acids is 2. The Hall–Kier alpha value is -4.08. The molecule has 3 aliphatic rings. The van der Waals surface area contributed by atoms with Gasteiger partial charge in [0, 0.05) is 51.7 Å². The molecule has 2 amide bonds. The van der Waals surface area contributed by atoms with E-state index < -0.39 is 24.1 Å². The molecule has 15 heteroatoms. The van der Waals surface area contributed by atoms with E-state index in [-0.39, 0.29) is 25.3 Å². The molecule has 4 heterocycles. The number of benzene rings is 1. The van der Waals surface area contributed by atoms with Gasteiger partial charge in [0.2, 0.25) is 5.91 Å². The zero-order chi connectivity index (χ0) is 33.7. The second kappa shape index (κ2) is 15.0. The summed E-state index contributed by atoms with van der Waals surface area (Å²) in [5.74, 6) is -2.89. The van der Waals surface area contributed by atoms with Crippen LogP contribution in [0.25, 0.3) is 0 Å². The summed E-state index contributed by atoms with van der Waals surface area (Å²) in [5, 5.41) is 35.5. The molecule has 0 saturated carbocycles. The van der Waals surface area contributed by atoms with Gasteiger partial charge in [-0.3, -0.25) is 9.69 Å². The number of hydrogen-bond donors (Lipinski definition) is 5. The molecule has 0 aliphatic carbocycles. The molecular formula is C31H44FN5O9. The average molecular weight is 650 g/mol. The lowest BCUT2D eigenvalue weighted by atomic mass is 9.94. The minimum Gasteiger partial charge on any atom is -0.479 e. The molecule has 2 unspecified atom stereocenters. The van der Waals surface area contributed by atoms with E-state index in [4.69, 9.17) is 30.1 Å². The zero-order valence-corrected chi connectivity index (χ0v) is 26.1. The van der Waals surface area contributed by atoms with Gasteiger partial charge in [-0.15, -0.1) is 0 Å². The maximum absolute atomic E-state index is 13.8. The molecule has 5 rings (SSSR count). The minimum atomic E-state index is -2.27. The first-order chi connectivity index (χ1) is 21.8. The van der Waals surface area contributed by atoms with E-state index in [1.165, 1.54) is 44.7 Å². The number of imidazole rings is 1. The number of aliphatic hydroxyl groups is 2. The predicted octanol–water partition coefficient (Wildman–Crippen LogP) is 2.01. The summed E-state index contributed by atoms with van der Waals surface area (Å²) < 4.78 is 21.2. The first-order valence-electron chi connectivity index (χ1n) is 15.3. The number of nitrogens with zero attached hydrogens (tertiary/aromatic N) is 4. The number of amides is 2. The fourth-order valence-electron chi connectivity index (χ4n) is 6.97. The number of hydrogen-bond acceptors (Lipinski definition) is 9. The number of fused-ring (bicyclic) bond motifs is 3. The number of nitrogens with one attached hydrogen (secondary N) is 1. The Labute approximate surface area is 267 Å². The van der Waals surface area contributed by atoms with E-state index >= 15 is 0 Å². The third-order valence-electron chi connectivity index (χ3n) is 9.00. The van der Waals surface area contributed by atoms with Gasteiger partial charge in [0.1, 0.15) is 11.6 Å². The summed E-state index contributed by atoms with van der Waals surface area (Å²) in [6, 6.07) is 7.74. The highest BCUT2D eigenvalue weighted by Gasteiger charge is 2.42. The van der Waals surface area contributed by atoms with E-state index in [9.17, 15) is 23.6 Å². The van der Waals surface area contributed by atoms with E-state index in [0.717, 1.165) is 49.3 Å².